The summed E-state index contributed by atoms with van der Waals surface area (Å²) in [5.74, 6) is 0. The Labute approximate surface area is 93.9 Å². The smallest absolute Gasteiger partial charge is 0.253 e. The van der Waals surface area contributed by atoms with Crippen LogP contribution in [-0.4, -0.2) is 30.5 Å². The molecule has 3 heteroatoms. The summed E-state index contributed by atoms with van der Waals surface area (Å²) in [6, 6.07) is -0.179. The van der Waals surface area contributed by atoms with Crippen LogP contribution in [0.3, 0.4) is 0 Å². The highest BCUT2D eigenvalue weighted by molar-refractivity contribution is 4.80. The molecule has 15 heavy (non-hydrogen) atoms. The third-order valence-electron chi connectivity index (χ3n) is 2.63. The van der Waals surface area contributed by atoms with Crippen LogP contribution >= 0.6 is 0 Å². The summed E-state index contributed by atoms with van der Waals surface area (Å²) in [6.45, 7) is 10.0. The van der Waals surface area contributed by atoms with Gasteiger partial charge in [0.25, 0.3) is 6.43 Å². The lowest BCUT2D eigenvalue weighted by atomic mass is 9.98. The standard InChI is InChI=1S/C8H15F2N.2C2H6/c1-6-4-3-5-7(8(9)10)11(6)2;2*1-2/h6-8H,3-5H2,1-2H3;2*1-2H3. The van der Waals surface area contributed by atoms with E-state index in [1.807, 2.05) is 34.6 Å². The molecule has 0 N–H and O–H groups in total. The molecule has 1 aliphatic rings. The summed E-state index contributed by atoms with van der Waals surface area (Å²) in [6.07, 6.45) is 0.474. The molecule has 0 radical (unpaired) electrons. The highest BCUT2D eigenvalue weighted by Gasteiger charge is 2.30. The minimum atomic E-state index is -2.18. The van der Waals surface area contributed by atoms with Crippen molar-refractivity contribution in [2.75, 3.05) is 7.05 Å². The van der Waals surface area contributed by atoms with E-state index >= 15 is 0 Å². The van der Waals surface area contributed by atoms with Crippen molar-refractivity contribution in [3.05, 3.63) is 0 Å². The minimum absolute atomic E-state index is 0.322. The van der Waals surface area contributed by atoms with Gasteiger partial charge in [-0.15, -0.1) is 0 Å². The normalized spacial score (nSPS) is 26.2. The van der Waals surface area contributed by atoms with Gasteiger partial charge in [0.15, 0.2) is 0 Å². The summed E-state index contributed by atoms with van der Waals surface area (Å²) < 4.78 is 24.6. The lowest BCUT2D eigenvalue weighted by Gasteiger charge is -2.37. The van der Waals surface area contributed by atoms with Gasteiger partial charge in [-0.05, 0) is 26.8 Å². The van der Waals surface area contributed by atoms with Crippen molar-refractivity contribution in [2.24, 2.45) is 0 Å². The number of hydrogen-bond donors (Lipinski definition) is 0. The molecule has 0 aromatic heterocycles. The van der Waals surface area contributed by atoms with E-state index in [0.717, 1.165) is 12.8 Å². The van der Waals surface area contributed by atoms with Gasteiger partial charge in [-0.2, -0.15) is 0 Å². The fourth-order valence-electron chi connectivity index (χ4n) is 1.66. The van der Waals surface area contributed by atoms with Crippen LogP contribution in [0.2, 0.25) is 0 Å². The topological polar surface area (TPSA) is 3.24 Å². The third kappa shape index (κ3) is 6.08. The molecule has 94 valence electrons. The molecule has 0 amide bonds. The van der Waals surface area contributed by atoms with Gasteiger partial charge < -0.3 is 0 Å². The molecule has 1 nitrogen and oxygen atoms in total. The minimum Gasteiger partial charge on any atom is -0.295 e. The average molecular weight is 223 g/mol. The summed E-state index contributed by atoms with van der Waals surface area (Å²) in [5.41, 5.74) is 0. The Hall–Kier alpha value is -0.180. The Morgan fingerprint density at radius 3 is 1.87 bits per heavy atom. The van der Waals surface area contributed by atoms with Crippen molar-refractivity contribution in [1.82, 2.24) is 4.90 Å². The number of halogens is 2. The summed E-state index contributed by atoms with van der Waals surface area (Å²) in [5, 5.41) is 0. The molecule has 0 spiro atoms. The maximum atomic E-state index is 12.3. The van der Waals surface area contributed by atoms with E-state index in [2.05, 4.69) is 0 Å². The molecular weight excluding hydrogens is 196 g/mol. The first-order chi connectivity index (χ1) is 7.13. The summed E-state index contributed by atoms with van der Waals surface area (Å²) in [7, 11) is 1.79. The highest BCUT2D eigenvalue weighted by Crippen LogP contribution is 2.24. The molecule has 0 saturated carbocycles. The van der Waals surface area contributed by atoms with Crippen LogP contribution in [0.5, 0.6) is 0 Å². The van der Waals surface area contributed by atoms with E-state index in [9.17, 15) is 8.78 Å². The van der Waals surface area contributed by atoms with Crippen molar-refractivity contribution in [3.8, 4) is 0 Å². The molecule has 2 unspecified atom stereocenters. The maximum Gasteiger partial charge on any atom is 0.253 e. The Bertz CT molecular complexity index is 129. The molecule has 1 aliphatic heterocycles. The molecule has 1 fully saturated rings. The average Bonchev–Trinajstić information content (AvgIpc) is 2.27. The molecule has 2 atom stereocenters. The van der Waals surface area contributed by atoms with Crippen LogP contribution in [0.25, 0.3) is 0 Å². The Kier molecular flexibility index (Phi) is 11.9. The zero-order chi connectivity index (χ0) is 12.4. The van der Waals surface area contributed by atoms with Crippen molar-refractivity contribution >= 4 is 0 Å². The number of alkyl halides is 2. The number of piperidine rings is 1. The Morgan fingerprint density at radius 2 is 1.53 bits per heavy atom. The Balaban J connectivity index is 0. The number of likely N-dealkylation sites (tertiary alicyclic amines) is 1. The van der Waals surface area contributed by atoms with Gasteiger partial charge in [0.05, 0.1) is 6.04 Å². The first-order valence-electron chi connectivity index (χ1n) is 6.13. The van der Waals surface area contributed by atoms with Crippen LogP contribution in [0.4, 0.5) is 8.78 Å². The predicted molar refractivity (Wildman–Crippen MR) is 63.6 cm³/mol. The van der Waals surface area contributed by atoms with Gasteiger partial charge in [-0.3, -0.25) is 4.90 Å². The zero-order valence-corrected chi connectivity index (χ0v) is 11.1. The van der Waals surface area contributed by atoms with Gasteiger partial charge >= 0.3 is 0 Å². The predicted octanol–water partition coefficient (Wildman–Crippen LogP) is 4.18. The lowest BCUT2D eigenvalue weighted by Crippen LogP contribution is -2.46. The van der Waals surface area contributed by atoms with Gasteiger partial charge in [0.1, 0.15) is 0 Å². The second-order valence-electron chi connectivity index (χ2n) is 3.35. The molecule has 0 aromatic rings. The molecule has 0 aliphatic carbocycles. The van der Waals surface area contributed by atoms with Crippen molar-refractivity contribution < 1.29 is 8.78 Å². The highest BCUT2D eigenvalue weighted by atomic mass is 19.3. The summed E-state index contributed by atoms with van der Waals surface area (Å²) >= 11 is 0. The van der Waals surface area contributed by atoms with E-state index in [0.29, 0.717) is 12.5 Å². The number of hydrogen-bond acceptors (Lipinski definition) is 1. The lowest BCUT2D eigenvalue weighted by molar-refractivity contribution is -0.00369. The second-order valence-corrected chi connectivity index (χ2v) is 3.35. The van der Waals surface area contributed by atoms with Crippen LogP contribution in [0.1, 0.15) is 53.9 Å². The van der Waals surface area contributed by atoms with Gasteiger partial charge in [-0.1, -0.05) is 34.1 Å². The third-order valence-corrected chi connectivity index (χ3v) is 2.63. The Morgan fingerprint density at radius 1 is 1.07 bits per heavy atom. The number of nitrogens with zero attached hydrogens (tertiary/aromatic N) is 1. The number of rotatable bonds is 1. The van der Waals surface area contributed by atoms with Crippen LogP contribution < -0.4 is 0 Å². The van der Waals surface area contributed by atoms with Crippen molar-refractivity contribution in [3.63, 3.8) is 0 Å². The van der Waals surface area contributed by atoms with Gasteiger partial charge in [0.2, 0.25) is 0 Å². The largest absolute Gasteiger partial charge is 0.295 e. The maximum absolute atomic E-state index is 12.3. The molecular formula is C12H27F2N. The fraction of sp³-hybridized carbons (Fsp3) is 1.00. The first kappa shape index (κ1) is 17.2. The quantitative estimate of drug-likeness (QED) is 0.644. The zero-order valence-electron chi connectivity index (χ0n) is 11.1. The molecule has 1 heterocycles. The molecule has 1 saturated heterocycles. The van der Waals surface area contributed by atoms with Gasteiger partial charge in [-0.25, -0.2) is 8.78 Å². The SMILES string of the molecule is CC.CC.CC1CCCC(C(F)F)N1C. The van der Waals surface area contributed by atoms with Gasteiger partial charge in [0, 0.05) is 6.04 Å². The van der Waals surface area contributed by atoms with Crippen LogP contribution in [0, 0.1) is 0 Å². The van der Waals surface area contributed by atoms with Crippen LogP contribution in [0.15, 0.2) is 0 Å². The summed E-state index contributed by atoms with van der Waals surface area (Å²) in [4.78, 5) is 1.80. The van der Waals surface area contributed by atoms with Crippen molar-refractivity contribution in [1.29, 1.82) is 0 Å². The molecule has 0 aromatic carbocycles. The van der Waals surface area contributed by atoms with E-state index in [4.69, 9.17) is 0 Å². The monoisotopic (exact) mass is 223 g/mol. The molecule has 1 rings (SSSR count). The van der Waals surface area contributed by atoms with E-state index in [1.54, 1.807) is 11.9 Å². The van der Waals surface area contributed by atoms with E-state index in [1.165, 1.54) is 0 Å². The van der Waals surface area contributed by atoms with E-state index in [-0.39, 0.29) is 0 Å². The van der Waals surface area contributed by atoms with Crippen molar-refractivity contribution in [2.45, 2.75) is 72.4 Å². The second kappa shape index (κ2) is 10.3. The molecule has 0 bridgehead atoms. The first-order valence-corrected chi connectivity index (χ1v) is 6.13. The fourth-order valence-corrected chi connectivity index (χ4v) is 1.66. The van der Waals surface area contributed by atoms with E-state index < -0.39 is 12.5 Å². The van der Waals surface area contributed by atoms with Crippen LogP contribution in [-0.2, 0) is 0 Å².